The van der Waals surface area contributed by atoms with Gasteiger partial charge >= 0.3 is 0 Å². The van der Waals surface area contributed by atoms with Gasteiger partial charge in [0.15, 0.2) is 0 Å². The number of aryl methyl sites for hydroxylation is 1. The van der Waals surface area contributed by atoms with Crippen LogP contribution < -0.4 is 5.43 Å². The normalized spacial score (nSPS) is 12.1. The first-order valence-corrected chi connectivity index (χ1v) is 8.15. The molecule has 0 saturated carbocycles. The van der Waals surface area contributed by atoms with Crippen LogP contribution >= 0.6 is 0 Å². The summed E-state index contributed by atoms with van der Waals surface area (Å²) in [5.74, 6) is 0.721. The van der Waals surface area contributed by atoms with Gasteiger partial charge in [-0.15, -0.1) is 0 Å². The summed E-state index contributed by atoms with van der Waals surface area (Å²) in [5, 5.41) is 4.56. The number of aliphatic imine (C=N–C) groups is 1. The lowest BCUT2D eigenvalue weighted by Gasteiger charge is -2.08. The summed E-state index contributed by atoms with van der Waals surface area (Å²) in [5.41, 5.74) is 7.70. The summed E-state index contributed by atoms with van der Waals surface area (Å²) in [6.45, 7) is 3.94. The molecule has 1 aromatic heterocycles. The van der Waals surface area contributed by atoms with E-state index in [0.717, 1.165) is 34.1 Å². The van der Waals surface area contributed by atoms with Gasteiger partial charge in [-0.25, -0.2) is 4.99 Å². The molecule has 3 rings (SSSR count). The predicted molar refractivity (Wildman–Crippen MR) is 103 cm³/mol. The predicted octanol–water partition coefficient (Wildman–Crippen LogP) is 4.48. The van der Waals surface area contributed by atoms with E-state index < -0.39 is 0 Å². The Hall–Kier alpha value is -3.27. The topological polar surface area (TPSA) is 49.6 Å². The van der Waals surface area contributed by atoms with E-state index in [1.54, 1.807) is 6.20 Å². The van der Waals surface area contributed by atoms with Gasteiger partial charge in [-0.05, 0) is 37.6 Å². The van der Waals surface area contributed by atoms with Crippen molar-refractivity contribution < 1.29 is 0 Å². The Kier molecular flexibility index (Phi) is 5.32. The summed E-state index contributed by atoms with van der Waals surface area (Å²) in [4.78, 5) is 9.02. The summed E-state index contributed by atoms with van der Waals surface area (Å²) in [6.07, 6.45) is 1.77. The average Bonchev–Trinajstić information content (AvgIpc) is 2.66. The molecule has 0 aliphatic heterocycles. The maximum absolute atomic E-state index is 4.60. The molecule has 0 radical (unpaired) electrons. The van der Waals surface area contributed by atoms with Crippen molar-refractivity contribution >= 4 is 17.2 Å². The number of nitrogens with one attached hydrogen (secondary N) is 1. The fourth-order valence-corrected chi connectivity index (χ4v) is 2.40. The Morgan fingerprint density at radius 2 is 1.60 bits per heavy atom. The fraction of sp³-hybridized carbons (Fsp3) is 0.0952. The molecule has 0 aliphatic rings. The van der Waals surface area contributed by atoms with E-state index in [2.05, 4.69) is 20.5 Å². The molecule has 0 spiro atoms. The SMILES string of the molecule is C/C(=N\c1ccccc1C)N/N=C(\c1ccccc1)c1ccccn1. The quantitative estimate of drug-likeness (QED) is 0.436. The van der Waals surface area contributed by atoms with Crippen molar-refractivity contribution in [2.75, 3.05) is 0 Å². The number of nitrogens with zero attached hydrogens (tertiary/aromatic N) is 3. The van der Waals surface area contributed by atoms with Gasteiger partial charge in [0, 0.05) is 11.8 Å². The van der Waals surface area contributed by atoms with E-state index in [1.165, 1.54) is 0 Å². The molecule has 0 saturated heterocycles. The van der Waals surface area contributed by atoms with Crippen LogP contribution in [0.4, 0.5) is 5.69 Å². The van der Waals surface area contributed by atoms with E-state index in [1.807, 2.05) is 86.6 Å². The van der Waals surface area contributed by atoms with Crippen LogP contribution in [0.25, 0.3) is 0 Å². The van der Waals surface area contributed by atoms with Gasteiger partial charge in [-0.1, -0.05) is 54.6 Å². The molecule has 0 unspecified atom stereocenters. The largest absolute Gasteiger partial charge is 0.264 e. The monoisotopic (exact) mass is 328 g/mol. The van der Waals surface area contributed by atoms with E-state index in [-0.39, 0.29) is 0 Å². The highest BCUT2D eigenvalue weighted by Gasteiger charge is 2.08. The number of amidine groups is 1. The maximum atomic E-state index is 4.60. The van der Waals surface area contributed by atoms with Crippen LogP contribution in [0.3, 0.4) is 0 Å². The first-order chi connectivity index (χ1) is 12.2. The zero-order valence-electron chi connectivity index (χ0n) is 14.3. The molecule has 0 aliphatic carbocycles. The third-order valence-electron chi connectivity index (χ3n) is 3.69. The van der Waals surface area contributed by atoms with Crippen molar-refractivity contribution in [3.05, 3.63) is 95.8 Å². The second-order valence-corrected chi connectivity index (χ2v) is 5.64. The van der Waals surface area contributed by atoms with Gasteiger partial charge in [0.2, 0.25) is 0 Å². The van der Waals surface area contributed by atoms with Crippen LogP contribution in [0.2, 0.25) is 0 Å². The fourth-order valence-electron chi connectivity index (χ4n) is 2.40. The smallest absolute Gasteiger partial charge is 0.119 e. The van der Waals surface area contributed by atoms with Gasteiger partial charge in [-0.3, -0.25) is 10.4 Å². The molecular formula is C21H20N4. The van der Waals surface area contributed by atoms with Crippen molar-refractivity contribution in [2.24, 2.45) is 10.1 Å². The van der Waals surface area contributed by atoms with Crippen molar-refractivity contribution in [1.29, 1.82) is 0 Å². The highest BCUT2D eigenvalue weighted by molar-refractivity contribution is 6.11. The summed E-state index contributed by atoms with van der Waals surface area (Å²) < 4.78 is 0. The lowest BCUT2D eigenvalue weighted by molar-refractivity contribution is 1.01. The zero-order valence-corrected chi connectivity index (χ0v) is 14.3. The molecule has 2 aromatic carbocycles. The Morgan fingerprint density at radius 1 is 0.880 bits per heavy atom. The van der Waals surface area contributed by atoms with Crippen molar-refractivity contribution in [2.45, 2.75) is 13.8 Å². The van der Waals surface area contributed by atoms with Gasteiger partial charge in [0.05, 0.1) is 11.4 Å². The summed E-state index contributed by atoms with van der Waals surface area (Å²) in [7, 11) is 0. The van der Waals surface area contributed by atoms with E-state index in [4.69, 9.17) is 0 Å². The van der Waals surface area contributed by atoms with Gasteiger partial charge in [0.25, 0.3) is 0 Å². The number of benzene rings is 2. The van der Waals surface area contributed by atoms with Crippen LogP contribution in [0.1, 0.15) is 23.7 Å². The molecular weight excluding hydrogens is 308 g/mol. The van der Waals surface area contributed by atoms with E-state index in [0.29, 0.717) is 0 Å². The lowest BCUT2D eigenvalue weighted by Crippen LogP contribution is -2.18. The number of para-hydroxylation sites is 1. The standard InChI is InChI=1S/C21H20N4/c1-16-10-6-7-13-19(16)23-17(2)24-25-21(18-11-4-3-5-12-18)20-14-8-9-15-22-20/h3-15H,1-2H3,(H,23,24)/b25-21+. The number of rotatable bonds is 4. The Labute approximate surface area is 148 Å². The molecule has 0 atom stereocenters. The third-order valence-corrected chi connectivity index (χ3v) is 3.69. The minimum atomic E-state index is 0.721. The van der Waals surface area contributed by atoms with E-state index in [9.17, 15) is 0 Å². The number of aromatic nitrogens is 1. The van der Waals surface area contributed by atoms with Crippen LogP contribution in [0, 0.1) is 6.92 Å². The Balaban J connectivity index is 1.90. The number of hydrogen-bond acceptors (Lipinski definition) is 3. The molecule has 0 fully saturated rings. The molecule has 1 N–H and O–H groups in total. The summed E-state index contributed by atoms with van der Waals surface area (Å²) in [6, 6.07) is 23.8. The van der Waals surface area contributed by atoms with Crippen molar-refractivity contribution in [3.63, 3.8) is 0 Å². The van der Waals surface area contributed by atoms with Gasteiger partial charge < -0.3 is 0 Å². The third kappa shape index (κ3) is 4.38. The Bertz CT molecular complexity index is 843. The molecule has 4 nitrogen and oxygen atoms in total. The minimum Gasteiger partial charge on any atom is -0.264 e. The highest BCUT2D eigenvalue weighted by atomic mass is 15.3. The van der Waals surface area contributed by atoms with Gasteiger partial charge in [0.1, 0.15) is 11.5 Å². The van der Waals surface area contributed by atoms with Gasteiger partial charge in [-0.2, -0.15) is 5.10 Å². The number of hydrazone groups is 1. The molecule has 25 heavy (non-hydrogen) atoms. The van der Waals surface area contributed by atoms with E-state index >= 15 is 0 Å². The second kappa shape index (κ2) is 8.02. The van der Waals surface area contributed by atoms with Crippen LogP contribution in [0.15, 0.2) is 89.1 Å². The molecule has 124 valence electrons. The number of pyridine rings is 1. The first kappa shape index (κ1) is 16.6. The average molecular weight is 328 g/mol. The molecule has 0 amide bonds. The first-order valence-electron chi connectivity index (χ1n) is 8.15. The maximum Gasteiger partial charge on any atom is 0.119 e. The molecule has 3 aromatic rings. The lowest BCUT2D eigenvalue weighted by atomic mass is 10.1. The summed E-state index contributed by atoms with van der Waals surface area (Å²) >= 11 is 0. The molecule has 1 heterocycles. The molecule has 0 bridgehead atoms. The number of hydrogen-bond donors (Lipinski definition) is 1. The van der Waals surface area contributed by atoms with Crippen LogP contribution in [-0.2, 0) is 0 Å². The van der Waals surface area contributed by atoms with Crippen molar-refractivity contribution in [3.8, 4) is 0 Å². The molecule has 4 heteroatoms. The Morgan fingerprint density at radius 3 is 2.32 bits per heavy atom. The van der Waals surface area contributed by atoms with Crippen LogP contribution in [0.5, 0.6) is 0 Å². The van der Waals surface area contributed by atoms with Crippen LogP contribution in [-0.4, -0.2) is 16.5 Å². The van der Waals surface area contributed by atoms with Crippen molar-refractivity contribution in [1.82, 2.24) is 10.4 Å². The zero-order chi connectivity index (χ0) is 17.5. The minimum absolute atomic E-state index is 0.721. The highest BCUT2D eigenvalue weighted by Crippen LogP contribution is 2.17. The second-order valence-electron chi connectivity index (χ2n) is 5.64.